The molecule has 0 aromatic carbocycles. The van der Waals surface area contributed by atoms with E-state index in [1.54, 1.807) is 12.4 Å². The highest BCUT2D eigenvalue weighted by Crippen LogP contribution is 2.51. The molecule has 0 radical (unpaired) electrons. The van der Waals surface area contributed by atoms with Crippen LogP contribution in [-0.4, -0.2) is 10.1 Å². The van der Waals surface area contributed by atoms with Gasteiger partial charge in [0.05, 0.1) is 11.1 Å². The average molecular weight is 252 g/mol. The molecule has 2 bridgehead atoms. The summed E-state index contributed by atoms with van der Waals surface area (Å²) in [6.45, 7) is 0. The topological polar surface area (TPSA) is 33.1 Å². The predicted octanol–water partition coefficient (Wildman–Crippen LogP) is 3.59. The summed E-state index contributed by atoms with van der Waals surface area (Å²) in [6, 6.07) is 1.83. The van der Waals surface area contributed by atoms with Gasteiger partial charge in [0.15, 0.2) is 0 Å². The Morgan fingerprint density at radius 3 is 2.94 bits per heavy atom. The molecule has 92 valence electrons. The molecule has 2 aliphatic rings. The maximum Gasteiger partial charge on any atom is 0.0808 e. The summed E-state index contributed by atoms with van der Waals surface area (Å²) < 4.78 is 0. The molecule has 17 heavy (non-hydrogen) atoms. The molecule has 4 unspecified atom stereocenters. The summed E-state index contributed by atoms with van der Waals surface area (Å²) in [6.07, 6.45) is 9.23. The second-order valence-electron chi connectivity index (χ2n) is 5.58. The Balaban J connectivity index is 1.68. The van der Waals surface area contributed by atoms with Gasteiger partial charge in [-0.15, -0.1) is 0 Å². The minimum Gasteiger partial charge on any atom is -0.388 e. The Morgan fingerprint density at radius 1 is 1.41 bits per heavy atom. The molecular weight excluding hydrogens is 234 g/mol. The van der Waals surface area contributed by atoms with Crippen molar-refractivity contribution in [1.29, 1.82) is 0 Å². The van der Waals surface area contributed by atoms with Crippen LogP contribution >= 0.6 is 11.6 Å². The molecule has 2 nitrogen and oxygen atoms in total. The highest BCUT2D eigenvalue weighted by atomic mass is 35.5. The van der Waals surface area contributed by atoms with Crippen LogP contribution in [0, 0.1) is 17.8 Å². The SMILES string of the molecule is OC(CC1CC2CCC1C2)c1ccncc1Cl. The molecule has 1 N–H and O–H groups in total. The molecule has 2 aliphatic carbocycles. The lowest BCUT2D eigenvalue weighted by Gasteiger charge is -2.24. The van der Waals surface area contributed by atoms with Crippen molar-refractivity contribution < 1.29 is 5.11 Å². The standard InChI is InChI=1S/C14H18ClNO/c15-13-8-16-4-3-12(13)14(17)7-11-6-9-1-2-10(11)5-9/h3-4,8-11,14,17H,1-2,5-7H2. The summed E-state index contributed by atoms with van der Waals surface area (Å²) >= 11 is 6.06. The first-order valence-corrected chi connectivity index (χ1v) is 6.89. The van der Waals surface area contributed by atoms with Gasteiger partial charge in [-0.3, -0.25) is 4.98 Å². The van der Waals surface area contributed by atoms with Crippen LogP contribution in [0.1, 0.15) is 43.8 Å². The number of hydrogen-bond donors (Lipinski definition) is 1. The third-order valence-corrected chi connectivity index (χ3v) is 4.89. The first-order chi connectivity index (χ1) is 8.24. The third kappa shape index (κ3) is 2.21. The van der Waals surface area contributed by atoms with E-state index < -0.39 is 6.10 Å². The van der Waals surface area contributed by atoms with Crippen LogP contribution in [0.3, 0.4) is 0 Å². The first-order valence-electron chi connectivity index (χ1n) is 6.51. The molecule has 1 aromatic heterocycles. The summed E-state index contributed by atoms with van der Waals surface area (Å²) in [5.41, 5.74) is 0.837. The van der Waals surface area contributed by atoms with Crippen molar-refractivity contribution in [3.05, 3.63) is 29.0 Å². The quantitative estimate of drug-likeness (QED) is 0.891. The number of aromatic nitrogens is 1. The zero-order valence-corrected chi connectivity index (χ0v) is 10.6. The number of hydrogen-bond acceptors (Lipinski definition) is 2. The Bertz CT molecular complexity index is 409. The van der Waals surface area contributed by atoms with Gasteiger partial charge in [0.1, 0.15) is 0 Å². The van der Waals surface area contributed by atoms with Gasteiger partial charge in [-0.1, -0.05) is 18.0 Å². The summed E-state index contributed by atoms with van der Waals surface area (Å²) in [5, 5.41) is 10.9. The van der Waals surface area contributed by atoms with Gasteiger partial charge in [-0.2, -0.15) is 0 Å². The lowest BCUT2D eigenvalue weighted by atomic mass is 9.84. The van der Waals surface area contributed by atoms with E-state index in [0.717, 1.165) is 23.8 Å². The van der Waals surface area contributed by atoms with Crippen LogP contribution in [0.15, 0.2) is 18.5 Å². The van der Waals surface area contributed by atoms with E-state index in [4.69, 9.17) is 11.6 Å². The number of rotatable bonds is 3. The van der Waals surface area contributed by atoms with Crippen molar-refractivity contribution in [2.24, 2.45) is 17.8 Å². The van der Waals surface area contributed by atoms with Crippen LogP contribution in [0.2, 0.25) is 5.02 Å². The summed E-state index contributed by atoms with van der Waals surface area (Å²) in [4.78, 5) is 3.95. The minimum atomic E-state index is -0.421. The fourth-order valence-corrected chi connectivity index (χ4v) is 3.98. The smallest absolute Gasteiger partial charge is 0.0808 e. The number of aliphatic hydroxyl groups excluding tert-OH is 1. The van der Waals surface area contributed by atoms with Gasteiger partial charge in [-0.25, -0.2) is 0 Å². The van der Waals surface area contributed by atoms with E-state index in [1.807, 2.05) is 6.07 Å². The van der Waals surface area contributed by atoms with Crippen LogP contribution in [0.5, 0.6) is 0 Å². The molecule has 0 amide bonds. The maximum absolute atomic E-state index is 10.3. The van der Waals surface area contributed by atoms with Crippen molar-refractivity contribution in [1.82, 2.24) is 4.98 Å². The Hall–Kier alpha value is -0.600. The maximum atomic E-state index is 10.3. The molecule has 4 atom stereocenters. The van der Waals surface area contributed by atoms with Crippen molar-refractivity contribution >= 4 is 11.6 Å². The zero-order chi connectivity index (χ0) is 11.8. The Labute approximate surface area is 107 Å². The van der Waals surface area contributed by atoms with Crippen LogP contribution in [0.25, 0.3) is 0 Å². The number of halogens is 1. The van der Waals surface area contributed by atoms with Crippen LogP contribution < -0.4 is 0 Å². The molecule has 2 fully saturated rings. The number of aliphatic hydroxyl groups is 1. The first kappa shape index (κ1) is 11.5. The van der Waals surface area contributed by atoms with Crippen LogP contribution in [-0.2, 0) is 0 Å². The lowest BCUT2D eigenvalue weighted by molar-refractivity contribution is 0.125. The fourth-order valence-electron chi connectivity index (χ4n) is 3.74. The average Bonchev–Trinajstić information content (AvgIpc) is 2.91. The van der Waals surface area contributed by atoms with E-state index in [2.05, 4.69) is 4.98 Å². The van der Waals surface area contributed by atoms with Gasteiger partial charge < -0.3 is 5.11 Å². The van der Waals surface area contributed by atoms with Gasteiger partial charge in [-0.05, 0) is 49.5 Å². The van der Waals surface area contributed by atoms with E-state index in [0.29, 0.717) is 10.9 Å². The van der Waals surface area contributed by atoms with Crippen molar-refractivity contribution in [3.8, 4) is 0 Å². The predicted molar refractivity (Wildman–Crippen MR) is 67.8 cm³/mol. The highest BCUT2D eigenvalue weighted by Gasteiger charge is 2.40. The second kappa shape index (κ2) is 4.58. The molecular formula is C14H18ClNO. The molecule has 0 spiro atoms. The molecule has 3 rings (SSSR count). The van der Waals surface area contributed by atoms with Crippen LogP contribution in [0.4, 0.5) is 0 Å². The molecule has 1 heterocycles. The molecule has 3 heteroatoms. The van der Waals surface area contributed by atoms with E-state index >= 15 is 0 Å². The Morgan fingerprint density at radius 2 is 2.29 bits per heavy atom. The second-order valence-corrected chi connectivity index (χ2v) is 5.99. The van der Waals surface area contributed by atoms with E-state index in [1.165, 1.54) is 25.7 Å². The molecule has 0 saturated heterocycles. The van der Waals surface area contributed by atoms with Gasteiger partial charge >= 0.3 is 0 Å². The molecule has 0 aliphatic heterocycles. The monoisotopic (exact) mass is 251 g/mol. The molecule has 2 saturated carbocycles. The largest absolute Gasteiger partial charge is 0.388 e. The lowest BCUT2D eigenvalue weighted by Crippen LogP contribution is -2.14. The fraction of sp³-hybridized carbons (Fsp3) is 0.643. The van der Waals surface area contributed by atoms with Gasteiger partial charge in [0, 0.05) is 18.0 Å². The summed E-state index contributed by atoms with van der Waals surface area (Å²) in [5.74, 6) is 2.49. The Kier molecular flexibility index (Phi) is 3.10. The normalized spacial score (nSPS) is 32.9. The minimum absolute atomic E-state index is 0.421. The number of pyridine rings is 1. The van der Waals surface area contributed by atoms with Gasteiger partial charge in [0.25, 0.3) is 0 Å². The van der Waals surface area contributed by atoms with Crippen molar-refractivity contribution in [3.63, 3.8) is 0 Å². The zero-order valence-electron chi connectivity index (χ0n) is 9.85. The number of nitrogens with zero attached hydrogens (tertiary/aromatic N) is 1. The van der Waals surface area contributed by atoms with Crippen molar-refractivity contribution in [2.75, 3.05) is 0 Å². The van der Waals surface area contributed by atoms with E-state index in [9.17, 15) is 5.11 Å². The van der Waals surface area contributed by atoms with Crippen molar-refractivity contribution in [2.45, 2.75) is 38.2 Å². The molecule has 1 aromatic rings. The highest BCUT2D eigenvalue weighted by molar-refractivity contribution is 6.31. The number of fused-ring (bicyclic) bond motifs is 2. The summed E-state index contributed by atoms with van der Waals surface area (Å²) in [7, 11) is 0. The third-order valence-electron chi connectivity index (χ3n) is 4.57. The van der Waals surface area contributed by atoms with E-state index in [-0.39, 0.29) is 0 Å². The van der Waals surface area contributed by atoms with Gasteiger partial charge in [0.2, 0.25) is 0 Å².